The SMILES string of the molecule is CC(=O)c1ccc2c(c1)CCN(CC(=O)N1CCCC1CN1CCCC1)C2. The minimum atomic E-state index is 0.119. The molecule has 4 rings (SSSR count). The Kier molecular flexibility index (Phi) is 5.60. The second-order valence-electron chi connectivity index (χ2n) is 8.39. The monoisotopic (exact) mass is 369 g/mol. The summed E-state index contributed by atoms with van der Waals surface area (Å²) in [5, 5.41) is 0. The van der Waals surface area contributed by atoms with Gasteiger partial charge in [-0.1, -0.05) is 12.1 Å². The van der Waals surface area contributed by atoms with Gasteiger partial charge < -0.3 is 9.80 Å². The first-order valence-corrected chi connectivity index (χ1v) is 10.5. The maximum Gasteiger partial charge on any atom is 0.237 e. The lowest BCUT2D eigenvalue weighted by Crippen LogP contribution is -2.47. The average molecular weight is 370 g/mol. The molecule has 1 atom stereocenters. The molecule has 0 aromatic heterocycles. The zero-order valence-corrected chi connectivity index (χ0v) is 16.5. The highest BCUT2D eigenvalue weighted by atomic mass is 16.2. The lowest BCUT2D eigenvalue weighted by atomic mass is 9.96. The number of ketones is 1. The fourth-order valence-electron chi connectivity index (χ4n) is 4.86. The van der Waals surface area contributed by atoms with E-state index in [0.29, 0.717) is 18.5 Å². The quantitative estimate of drug-likeness (QED) is 0.748. The van der Waals surface area contributed by atoms with Crippen molar-refractivity contribution in [2.24, 2.45) is 0 Å². The van der Waals surface area contributed by atoms with Crippen molar-refractivity contribution in [3.8, 4) is 0 Å². The summed E-state index contributed by atoms with van der Waals surface area (Å²) in [5.41, 5.74) is 3.31. The Bertz CT molecular complexity index is 712. The Balaban J connectivity index is 1.35. The zero-order valence-electron chi connectivity index (χ0n) is 16.5. The van der Waals surface area contributed by atoms with Gasteiger partial charge >= 0.3 is 0 Å². The minimum Gasteiger partial charge on any atom is -0.337 e. The van der Waals surface area contributed by atoms with Crippen LogP contribution in [0.3, 0.4) is 0 Å². The molecule has 3 aliphatic rings. The van der Waals surface area contributed by atoms with Gasteiger partial charge in [0.2, 0.25) is 5.91 Å². The number of benzene rings is 1. The number of likely N-dealkylation sites (tertiary alicyclic amines) is 2. The Morgan fingerprint density at radius 3 is 2.59 bits per heavy atom. The Morgan fingerprint density at radius 1 is 1.00 bits per heavy atom. The third-order valence-electron chi connectivity index (χ3n) is 6.43. The van der Waals surface area contributed by atoms with Crippen molar-refractivity contribution in [1.82, 2.24) is 14.7 Å². The van der Waals surface area contributed by atoms with Gasteiger partial charge in [-0.25, -0.2) is 0 Å². The van der Waals surface area contributed by atoms with Crippen molar-refractivity contribution in [2.45, 2.75) is 51.6 Å². The lowest BCUT2D eigenvalue weighted by Gasteiger charge is -2.33. The molecule has 5 nitrogen and oxygen atoms in total. The normalized spacial score (nSPS) is 23.6. The summed E-state index contributed by atoms with van der Waals surface area (Å²) < 4.78 is 0. The van der Waals surface area contributed by atoms with Crippen molar-refractivity contribution in [1.29, 1.82) is 0 Å². The van der Waals surface area contributed by atoms with E-state index in [0.717, 1.165) is 51.0 Å². The summed E-state index contributed by atoms with van der Waals surface area (Å²) in [6.07, 6.45) is 5.82. The van der Waals surface area contributed by atoms with Gasteiger partial charge in [0.15, 0.2) is 5.78 Å². The molecule has 27 heavy (non-hydrogen) atoms. The standard InChI is InChI=1S/C22H31N3O2/c1-17(26)18-6-7-20-14-24(12-8-19(20)13-18)16-22(27)25-11-4-5-21(25)15-23-9-2-3-10-23/h6-7,13,21H,2-5,8-12,14-16H2,1H3. The molecule has 5 heteroatoms. The molecule has 3 heterocycles. The van der Waals surface area contributed by atoms with Crippen molar-refractivity contribution in [3.63, 3.8) is 0 Å². The van der Waals surface area contributed by atoms with Crippen molar-refractivity contribution in [3.05, 3.63) is 34.9 Å². The van der Waals surface area contributed by atoms with Gasteiger partial charge in [0.1, 0.15) is 0 Å². The van der Waals surface area contributed by atoms with E-state index in [1.807, 2.05) is 12.1 Å². The molecule has 146 valence electrons. The van der Waals surface area contributed by atoms with Crippen LogP contribution in [0.2, 0.25) is 0 Å². The number of hydrogen-bond acceptors (Lipinski definition) is 4. The van der Waals surface area contributed by atoms with Crippen molar-refractivity contribution < 1.29 is 9.59 Å². The van der Waals surface area contributed by atoms with Gasteiger partial charge in [0.05, 0.1) is 6.54 Å². The molecule has 0 N–H and O–H groups in total. The van der Waals surface area contributed by atoms with Crippen LogP contribution in [0.5, 0.6) is 0 Å². The topological polar surface area (TPSA) is 43.9 Å². The molecule has 1 amide bonds. The smallest absolute Gasteiger partial charge is 0.237 e. The van der Waals surface area contributed by atoms with E-state index in [-0.39, 0.29) is 5.78 Å². The number of carbonyl (C=O) groups is 2. The Labute approximate surface area is 162 Å². The number of hydrogen-bond donors (Lipinski definition) is 0. The van der Waals surface area contributed by atoms with Crippen LogP contribution >= 0.6 is 0 Å². The summed E-state index contributed by atoms with van der Waals surface area (Å²) in [5.74, 6) is 0.411. The third kappa shape index (κ3) is 4.25. The zero-order chi connectivity index (χ0) is 18.8. The number of carbonyl (C=O) groups excluding carboxylic acids is 2. The van der Waals surface area contributed by atoms with Crippen molar-refractivity contribution >= 4 is 11.7 Å². The van der Waals surface area contributed by atoms with Crippen molar-refractivity contribution in [2.75, 3.05) is 39.3 Å². The summed E-state index contributed by atoms with van der Waals surface area (Å²) in [6.45, 7) is 8.21. The first kappa shape index (κ1) is 18.6. The first-order valence-electron chi connectivity index (χ1n) is 10.5. The summed E-state index contributed by atoms with van der Waals surface area (Å²) in [4.78, 5) is 31.5. The number of Topliss-reactive ketones (excluding diaryl/α,β-unsaturated/α-hetero) is 1. The lowest BCUT2D eigenvalue weighted by molar-refractivity contribution is -0.133. The van der Waals surface area contributed by atoms with Gasteiger partial charge in [-0.2, -0.15) is 0 Å². The molecule has 0 spiro atoms. The fourth-order valence-corrected chi connectivity index (χ4v) is 4.86. The van der Waals surface area contributed by atoms with Crippen LogP contribution < -0.4 is 0 Å². The molecule has 0 saturated carbocycles. The van der Waals surface area contributed by atoms with E-state index in [4.69, 9.17) is 0 Å². The average Bonchev–Trinajstić information content (AvgIpc) is 3.33. The molecule has 0 radical (unpaired) electrons. The highest BCUT2D eigenvalue weighted by Crippen LogP contribution is 2.23. The molecule has 3 aliphatic heterocycles. The number of amides is 1. The second-order valence-corrected chi connectivity index (χ2v) is 8.39. The van der Waals surface area contributed by atoms with Crippen LogP contribution in [-0.4, -0.2) is 71.7 Å². The van der Waals surface area contributed by atoms with E-state index < -0.39 is 0 Å². The minimum absolute atomic E-state index is 0.119. The van der Waals surface area contributed by atoms with Gasteiger partial charge in [-0.15, -0.1) is 0 Å². The summed E-state index contributed by atoms with van der Waals surface area (Å²) >= 11 is 0. The molecule has 1 unspecified atom stereocenters. The molecule has 2 fully saturated rings. The predicted octanol–water partition coefficient (Wildman–Crippen LogP) is 2.33. The first-order chi connectivity index (χ1) is 13.1. The van der Waals surface area contributed by atoms with E-state index in [9.17, 15) is 9.59 Å². The number of rotatable bonds is 5. The van der Waals surface area contributed by atoms with Gasteiger partial charge in [0, 0.05) is 37.8 Å². The largest absolute Gasteiger partial charge is 0.337 e. The molecular formula is C22H31N3O2. The Hall–Kier alpha value is -1.72. The molecule has 0 aliphatic carbocycles. The second kappa shape index (κ2) is 8.11. The highest BCUT2D eigenvalue weighted by molar-refractivity contribution is 5.94. The van der Waals surface area contributed by atoms with E-state index in [1.165, 1.54) is 37.1 Å². The van der Waals surface area contributed by atoms with E-state index >= 15 is 0 Å². The fraction of sp³-hybridized carbons (Fsp3) is 0.636. The van der Waals surface area contributed by atoms with Gasteiger partial charge in [-0.05, 0) is 69.3 Å². The maximum absolute atomic E-state index is 13.0. The molecule has 2 saturated heterocycles. The van der Waals surface area contributed by atoms with E-state index in [1.54, 1.807) is 6.92 Å². The number of nitrogens with zero attached hydrogens (tertiary/aromatic N) is 3. The van der Waals surface area contributed by atoms with Gasteiger partial charge in [0.25, 0.3) is 0 Å². The third-order valence-corrected chi connectivity index (χ3v) is 6.43. The van der Waals surface area contributed by atoms with Crippen LogP contribution in [0.1, 0.15) is 54.1 Å². The predicted molar refractivity (Wildman–Crippen MR) is 106 cm³/mol. The molecular weight excluding hydrogens is 338 g/mol. The van der Waals surface area contributed by atoms with Crippen LogP contribution in [0.15, 0.2) is 18.2 Å². The van der Waals surface area contributed by atoms with E-state index in [2.05, 4.69) is 20.8 Å². The van der Waals surface area contributed by atoms with Crippen LogP contribution in [0.4, 0.5) is 0 Å². The maximum atomic E-state index is 13.0. The molecule has 0 bridgehead atoms. The van der Waals surface area contributed by atoms with Crippen LogP contribution in [-0.2, 0) is 17.8 Å². The molecule has 1 aromatic rings. The number of fused-ring (bicyclic) bond motifs is 1. The highest BCUT2D eigenvalue weighted by Gasteiger charge is 2.32. The summed E-state index contributed by atoms with van der Waals surface area (Å²) in [6, 6.07) is 6.42. The van der Waals surface area contributed by atoms with Crippen LogP contribution in [0, 0.1) is 0 Å². The van der Waals surface area contributed by atoms with Gasteiger partial charge in [-0.3, -0.25) is 14.5 Å². The summed E-state index contributed by atoms with van der Waals surface area (Å²) in [7, 11) is 0. The Morgan fingerprint density at radius 2 is 1.81 bits per heavy atom. The van der Waals surface area contributed by atoms with Crippen LogP contribution in [0.25, 0.3) is 0 Å². The molecule has 1 aromatic carbocycles.